The normalized spacial score (nSPS) is 35.6. The number of hydrogen-bond acceptors (Lipinski definition) is 5. The van der Waals surface area contributed by atoms with Gasteiger partial charge in [-0.25, -0.2) is 0 Å². The lowest BCUT2D eigenvalue weighted by Crippen LogP contribution is -2.78. The molecule has 1 saturated carbocycles. The van der Waals surface area contributed by atoms with Crippen LogP contribution in [0.2, 0.25) is 0 Å². The van der Waals surface area contributed by atoms with Crippen molar-refractivity contribution >= 4 is 23.5 Å². The number of nitrogens with one attached hydrogen (secondary N) is 1. The average molecular weight is 287 g/mol. The Hall–Kier alpha value is -2.37. The summed E-state index contributed by atoms with van der Waals surface area (Å²) in [6, 6.07) is 7.16. The van der Waals surface area contributed by atoms with Crippen LogP contribution in [0.5, 0.6) is 0 Å². The van der Waals surface area contributed by atoms with Crippen molar-refractivity contribution in [2.45, 2.75) is 31.0 Å². The van der Waals surface area contributed by atoms with Gasteiger partial charge in [0.2, 0.25) is 5.91 Å². The summed E-state index contributed by atoms with van der Waals surface area (Å²) in [5, 5.41) is 2.82. The van der Waals surface area contributed by atoms with Crippen LogP contribution in [0.4, 0.5) is 5.69 Å². The highest BCUT2D eigenvalue weighted by Crippen LogP contribution is 2.66. The lowest BCUT2D eigenvalue weighted by molar-refractivity contribution is -0.313. The minimum atomic E-state index is -1.19. The number of amides is 1. The molecule has 0 radical (unpaired) electrons. The SMILES string of the molecule is CC(=O)O[C@@]12c3ccccc3NC(=O)[C@@H]1C[C@@]21CC(=O)O1. The Morgan fingerprint density at radius 3 is 2.76 bits per heavy atom. The summed E-state index contributed by atoms with van der Waals surface area (Å²) in [5.41, 5.74) is -0.787. The van der Waals surface area contributed by atoms with E-state index in [-0.39, 0.29) is 18.3 Å². The Balaban J connectivity index is 1.92. The van der Waals surface area contributed by atoms with Crippen LogP contribution < -0.4 is 5.32 Å². The Morgan fingerprint density at radius 1 is 1.38 bits per heavy atom. The molecule has 0 bridgehead atoms. The minimum Gasteiger partial charge on any atom is -0.454 e. The maximum atomic E-state index is 12.3. The molecule has 1 aliphatic carbocycles. The van der Waals surface area contributed by atoms with Gasteiger partial charge in [-0.15, -0.1) is 0 Å². The maximum Gasteiger partial charge on any atom is 0.310 e. The number of carbonyl (C=O) groups excluding carboxylic acids is 3. The molecule has 6 heteroatoms. The van der Waals surface area contributed by atoms with E-state index in [1.54, 1.807) is 18.2 Å². The standard InChI is InChI=1S/C15H13NO5/c1-8(17)20-15-9-4-2-3-5-11(9)16-13(19)10(15)6-14(15)7-12(18)21-14/h2-5,10H,6-7H2,1H3,(H,16,19)/t10-,14+,15-/m0/s1. The first kappa shape index (κ1) is 12.4. The molecular weight excluding hydrogens is 274 g/mol. The molecule has 21 heavy (non-hydrogen) atoms. The van der Waals surface area contributed by atoms with Crippen molar-refractivity contribution in [3.8, 4) is 0 Å². The molecule has 1 spiro atoms. The summed E-state index contributed by atoms with van der Waals surface area (Å²) >= 11 is 0. The smallest absolute Gasteiger partial charge is 0.310 e. The third kappa shape index (κ3) is 1.30. The van der Waals surface area contributed by atoms with Gasteiger partial charge < -0.3 is 14.8 Å². The van der Waals surface area contributed by atoms with Crippen LogP contribution >= 0.6 is 0 Å². The number of para-hydroxylation sites is 1. The van der Waals surface area contributed by atoms with E-state index in [2.05, 4.69) is 5.32 Å². The van der Waals surface area contributed by atoms with E-state index in [4.69, 9.17) is 9.47 Å². The second kappa shape index (κ2) is 3.63. The summed E-state index contributed by atoms with van der Waals surface area (Å²) in [7, 11) is 0. The summed E-state index contributed by atoms with van der Waals surface area (Å²) in [6.45, 7) is 1.30. The third-order valence-corrected chi connectivity index (χ3v) is 4.65. The van der Waals surface area contributed by atoms with E-state index in [0.29, 0.717) is 17.7 Å². The Kier molecular flexibility index (Phi) is 2.14. The molecular formula is C15H13NO5. The molecule has 1 N–H and O–H groups in total. The summed E-state index contributed by atoms with van der Waals surface area (Å²) in [6.07, 6.45) is 0.546. The fraction of sp³-hybridized carbons (Fsp3) is 0.400. The van der Waals surface area contributed by atoms with E-state index in [0.717, 1.165) is 0 Å². The number of ether oxygens (including phenoxy) is 2. The molecule has 6 nitrogen and oxygen atoms in total. The summed E-state index contributed by atoms with van der Waals surface area (Å²) < 4.78 is 10.9. The van der Waals surface area contributed by atoms with Gasteiger partial charge in [0.1, 0.15) is 0 Å². The number of benzene rings is 1. The Bertz CT molecular complexity index is 689. The van der Waals surface area contributed by atoms with E-state index in [9.17, 15) is 14.4 Å². The lowest BCUT2D eigenvalue weighted by atomic mass is 9.50. The Labute approximate surface area is 120 Å². The van der Waals surface area contributed by atoms with E-state index in [1.807, 2.05) is 6.07 Å². The molecule has 2 aliphatic heterocycles. The highest BCUT2D eigenvalue weighted by Gasteiger charge is 2.79. The largest absolute Gasteiger partial charge is 0.454 e. The molecule has 1 aromatic carbocycles. The van der Waals surface area contributed by atoms with Gasteiger partial charge in [-0.3, -0.25) is 14.4 Å². The van der Waals surface area contributed by atoms with E-state index < -0.39 is 23.1 Å². The zero-order valence-electron chi connectivity index (χ0n) is 11.3. The van der Waals surface area contributed by atoms with Crippen LogP contribution in [0, 0.1) is 5.92 Å². The quantitative estimate of drug-likeness (QED) is 0.782. The van der Waals surface area contributed by atoms with Gasteiger partial charge in [-0.1, -0.05) is 18.2 Å². The molecule has 3 aliphatic rings. The van der Waals surface area contributed by atoms with Crippen molar-refractivity contribution in [1.82, 2.24) is 0 Å². The lowest BCUT2D eigenvalue weighted by Gasteiger charge is -2.65. The number of esters is 2. The van der Waals surface area contributed by atoms with Crippen LogP contribution in [0.1, 0.15) is 25.3 Å². The fourth-order valence-electron chi connectivity index (χ4n) is 3.87. The molecule has 1 aromatic rings. The molecule has 2 heterocycles. The molecule has 1 saturated heterocycles. The van der Waals surface area contributed by atoms with E-state index in [1.165, 1.54) is 6.92 Å². The van der Waals surface area contributed by atoms with Crippen molar-refractivity contribution in [2.75, 3.05) is 5.32 Å². The van der Waals surface area contributed by atoms with Crippen LogP contribution in [-0.4, -0.2) is 23.4 Å². The van der Waals surface area contributed by atoms with Gasteiger partial charge in [0, 0.05) is 24.6 Å². The van der Waals surface area contributed by atoms with Gasteiger partial charge in [0.25, 0.3) is 0 Å². The molecule has 0 aromatic heterocycles. The van der Waals surface area contributed by atoms with Gasteiger partial charge in [0.05, 0.1) is 12.3 Å². The number of carbonyl (C=O) groups is 3. The summed E-state index contributed by atoms with van der Waals surface area (Å²) in [4.78, 5) is 35.2. The predicted octanol–water partition coefficient (Wildman–Crippen LogP) is 1.10. The van der Waals surface area contributed by atoms with Crippen molar-refractivity contribution in [3.63, 3.8) is 0 Å². The average Bonchev–Trinajstić information content (AvgIpc) is 2.38. The molecule has 0 unspecified atom stereocenters. The molecule has 2 fully saturated rings. The zero-order chi connectivity index (χ0) is 14.8. The van der Waals surface area contributed by atoms with Crippen LogP contribution in [0.25, 0.3) is 0 Å². The summed E-state index contributed by atoms with van der Waals surface area (Å²) in [5.74, 6) is -1.55. The van der Waals surface area contributed by atoms with Gasteiger partial charge in [0.15, 0.2) is 11.2 Å². The molecule has 108 valence electrons. The molecule has 3 atom stereocenters. The molecule has 4 rings (SSSR count). The molecule has 1 amide bonds. The minimum absolute atomic E-state index is 0.165. The first-order valence-corrected chi connectivity index (χ1v) is 6.80. The third-order valence-electron chi connectivity index (χ3n) is 4.65. The van der Waals surface area contributed by atoms with Gasteiger partial charge in [-0.05, 0) is 6.07 Å². The van der Waals surface area contributed by atoms with Crippen molar-refractivity contribution in [3.05, 3.63) is 29.8 Å². The van der Waals surface area contributed by atoms with Crippen molar-refractivity contribution < 1.29 is 23.9 Å². The zero-order valence-corrected chi connectivity index (χ0v) is 11.3. The number of fused-ring (bicyclic) bond motifs is 4. The second-order valence-corrected chi connectivity index (χ2v) is 5.77. The van der Waals surface area contributed by atoms with Gasteiger partial charge >= 0.3 is 11.9 Å². The van der Waals surface area contributed by atoms with Crippen molar-refractivity contribution in [1.29, 1.82) is 0 Å². The topological polar surface area (TPSA) is 81.7 Å². The highest BCUT2D eigenvalue weighted by atomic mass is 16.6. The predicted molar refractivity (Wildman–Crippen MR) is 70.1 cm³/mol. The number of hydrogen-bond donors (Lipinski definition) is 1. The van der Waals surface area contributed by atoms with Gasteiger partial charge in [-0.2, -0.15) is 0 Å². The van der Waals surface area contributed by atoms with Crippen LogP contribution in [-0.2, 0) is 29.5 Å². The number of anilines is 1. The maximum absolute atomic E-state index is 12.3. The van der Waals surface area contributed by atoms with Crippen LogP contribution in [0.3, 0.4) is 0 Å². The Morgan fingerprint density at radius 2 is 2.10 bits per heavy atom. The first-order chi connectivity index (χ1) is 9.98. The monoisotopic (exact) mass is 287 g/mol. The first-order valence-electron chi connectivity index (χ1n) is 6.80. The fourth-order valence-corrected chi connectivity index (χ4v) is 3.87. The highest BCUT2D eigenvalue weighted by molar-refractivity contribution is 6.00. The second-order valence-electron chi connectivity index (χ2n) is 5.77. The van der Waals surface area contributed by atoms with Crippen molar-refractivity contribution in [2.24, 2.45) is 5.92 Å². The number of rotatable bonds is 1. The van der Waals surface area contributed by atoms with E-state index >= 15 is 0 Å². The van der Waals surface area contributed by atoms with Crippen LogP contribution in [0.15, 0.2) is 24.3 Å².